The van der Waals surface area contributed by atoms with Gasteiger partial charge in [0, 0.05) is 45.5 Å². The molecule has 2 heterocycles. The fourth-order valence-electron chi connectivity index (χ4n) is 6.93. The van der Waals surface area contributed by atoms with E-state index in [-0.39, 0.29) is 22.6 Å². The number of anilines is 1. The van der Waals surface area contributed by atoms with Crippen molar-refractivity contribution in [3.63, 3.8) is 0 Å². The Hall–Kier alpha value is -4.88. The van der Waals surface area contributed by atoms with Gasteiger partial charge in [0.1, 0.15) is 11.5 Å². The van der Waals surface area contributed by atoms with Crippen LogP contribution < -0.4 is 4.90 Å². The number of halogens is 1. The first-order valence-corrected chi connectivity index (χ1v) is 13.5. The number of fused-ring (bicyclic) bond motifs is 5. The molecule has 200 valence electrons. The van der Waals surface area contributed by atoms with Crippen molar-refractivity contribution in [2.24, 2.45) is 5.41 Å². The minimum Gasteiger partial charge on any atom is -0.352 e. The van der Waals surface area contributed by atoms with Crippen molar-refractivity contribution in [2.75, 3.05) is 4.90 Å². The second-order valence-corrected chi connectivity index (χ2v) is 10.9. The number of nitrogens with zero attached hydrogens (tertiary/aromatic N) is 2. The van der Waals surface area contributed by atoms with Crippen LogP contribution in [0.4, 0.5) is 11.4 Å². The highest BCUT2D eigenvalue weighted by molar-refractivity contribution is 6.32. The summed E-state index contributed by atoms with van der Waals surface area (Å²) in [6.07, 6.45) is 3.62. The number of hydrogen-bond donors (Lipinski definition) is 0. The smallest absolute Gasteiger partial charge is 0.269 e. The Labute approximate surface area is 239 Å². The van der Waals surface area contributed by atoms with Crippen molar-refractivity contribution in [2.45, 2.75) is 18.0 Å². The number of rotatable bonds is 4. The standard InChI is InChI=1S/C33H21ClN2O5/c34-22-14-15-26-20(17-22)13-16-27-33(31(38)24-11-4-5-12-25(24)32(33)39)28(21-9-6-10-23(18-21)36(40)41)29(35(26)27)30(37)19-7-2-1-3-8-19/h1-18,27-29H/t27-,28-,29-/m1/s1. The number of ketones is 3. The number of benzene rings is 4. The van der Waals surface area contributed by atoms with Crippen LogP contribution in [0.5, 0.6) is 0 Å². The summed E-state index contributed by atoms with van der Waals surface area (Å²) < 4.78 is 0. The Morgan fingerprint density at radius 1 is 0.854 bits per heavy atom. The molecule has 7 rings (SSSR count). The number of carbonyl (C=O) groups is 3. The number of nitro groups is 1. The molecule has 3 atom stereocenters. The molecule has 3 aliphatic rings. The van der Waals surface area contributed by atoms with Gasteiger partial charge in [0.15, 0.2) is 17.3 Å². The topological polar surface area (TPSA) is 97.6 Å². The third-order valence-electron chi connectivity index (χ3n) is 8.53. The maximum Gasteiger partial charge on any atom is 0.269 e. The van der Waals surface area contributed by atoms with Crippen LogP contribution in [0.25, 0.3) is 6.08 Å². The van der Waals surface area contributed by atoms with Crippen molar-refractivity contribution < 1.29 is 19.3 Å². The van der Waals surface area contributed by atoms with Crippen molar-refractivity contribution in [1.29, 1.82) is 0 Å². The molecule has 1 fully saturated rings. The van der Waals surface area contributed by atoms with Gasteiger partial charge in [-0.3, -0.25) is 24.5 Å². The molecule has 41 heavy (non-hydrogen) atoms. The fourth-order valence-corrected chi connectivity index (χ4v) is 7.11. The fraction of sp³-hybridized carbons (Fsp3) is 0.121. The van der Waals surface area contributed by atoms with Crippen LogP contribution in [0.15, 0.2) is 103 Å². The van der Waals surface area contributed by atoms with Gasteiger partial charge in [-0.25, -0.2) is 0 Å². The van der Waals surface area contributed by atoms with Crippen LogP contribution in [0.2, 0.25) is 5.02 Å². The van der Waals surface area contributed by atoms with E-state index in [1.807, 2.05) is 11.0 Å². The van der Waals surface area contributed by atoms with Gasteiger partial charge in [0.2, 0.25) is 0 Å². The molecule has 1 aliphatic carbocycles. The van der Waals surface area contributed by atoms with Crippen molar-refractivity contribution >= 4 is 46.4 Å². The molecule has 4 aromatic carbocycles. The summed E-state index contributed by atoms with van der Waals surface area (Å²) in [5, 5.41) is 12.3. The lowest BCUT2D eigenvalue weighted by Gasteiger charge is -2.37. The lowest BCUT2D eigenvalue weighted by Crippen LogP contribution is -2.48. The predicted molar refractivity (Wildman–Crippen MR) is 155 cm³/mol. The van der Waals surface area contributed by atoms with Gasteiger partial charge in [-0.15, -0.1) is 0 Å². The van der Waals surface area contributed by atoms with Gasteiger partial charge in [0.25, 0.3) is 5.69 Å². The van der Waals surface area contributed by atoms with E-state index in [9.17, 15) is 24.5 Å². The summed E-state index contributed by atoms with van der Waals surface area (Å²) in [5.41, 5.74) is 0.830. The van der Waals surface area contributed by atoms with E-state index in [0.29, 0.717) is 21.8 Å². The van der Waals surface area contributed by atoms with Crippen LogP contribution >= 0.6 is 11.6 Å². The van der Waals surface area contributed by atoms with Crippen LogP contribution in [0.3, 0.4) is 0 Å². The highest BCUT2D eigenvalue weighted by Gasteiger charge is 2.71. The largest absolute Gasteiger partial charge is 0.352 e. The van der Waals surface area contributed by atoms with E-state index in [2.05, 4.69) is 0 Å². The molecule has 2 aliphatic heterocycles. The average molecular weight is 561 g/mol. The highest BCUT2D eigenvalue weighted by atomic mass is 35.5. The molecule has 7 nitrogen and oxygen atoms in total. The molecule has 0 aromatic heterocycles. The summed E-state index contributed by atoms with van der Waals surface area (Å²) in [7, 11) is 0. The molecule has 0 unspecified atom stereocenters. The third-order valence-corrected chi connectivity index (χ3v) is 8.77. The number of Topliss-reactive ketones (excluding diaryl/α,β-unsaturated/α-hetero) is 3. The maximum atomic E-state index is 14.6. The highest BCUT2D eigenvalue weighted by Crippen LogP contribution is 2.61. The first-order chi connectivity index (χ1) is 19.8. The molecule has 0 N–H and O–H groups in total. The monoisotopic (exact) mass is 560 g/mol. The van der Waals surface area contributed by atoms with Crippen molar-refractivity contribution in [3.8, 4) is 0 Å². The second-order valence-electron chi connectivity index (χ2n) is 10.5. The quantitative estimate of drug-likeness (QED) is 0.121. The summed E-state index contributed by atoms with van der Waals surface area (Å²) in [5.74, 6) is -2.11. The molecular formula is C33H21ClN2O5. The first-order valence-electron chi connectivity index (χ1n) is 13.1. The Balaban J connectivity index is 1.57. The van der Waals surface area contributed by atoms with Gasteiger partial charge in [-0.1, -0.05) is 90.5 Å². The zero-order valence-electron chi connectivity index (χ0n) is 21.4. The molecule has 0 saturated carbocycles. The molecule has 0 bridgehead atoms. The van der Waals surface area contributed by atoms with Gasteiger partial charge < -0.3 is 4.90 Å². The number of hydrogen-bond acceptors (Lipinski definition) is 6. The van der Waals surface area contributed by atoms with Gasteiger partial charge in [0.05, 0.1) is 11.0 Å². The minimum absolute atomic E-state index is 0.188. The minimum atomic E-state index is -1.73. The van der Waals surface area contributed by atoms with Gasteiger partial charge in [-0.2, -0.15) is 0 Å². The van der Waals surface area contributed by atoms with E-state index in [1.165, 1.54) is 18.2 Å². The first kappa shape index (κ1) is 25.1. The van der Waals surface area contributed by atoms with Crippen LogP contribution in [-0.2, 0) is 0 Å². The van der Waals surface area contributed by atoms with E-state index in [1.54, 1.807) is 84.9 Å². The molecule has 0 radical (unpaired) electrons. The normalized spacial score (nSPS) is 21.5. The van der Waals surface area contributed by atoms with Gasteiger partial charge >= 0.3 is 0 Å². The van der Waals surface area contributed by atoms with Crippen LogP contribution in [0, 0.1) is 15.5 Å². The Morgan fingerprint density at radius 2 is 1.54 bits per heavy atom. The zero-order chi connectivity index (χ0) is 28.5. The Bertz CT molecular complexity index is 1800. The van der Waals surface area contributed by atoms with E-state index < -0.39 is 39.9 Å². The van der Waals surface area contributed by atoms with Crippen molar-refractivity contribution in [3.05, 3.63) is 146 Å². The summed E-state index contributed by atoms with van der Waals surface area (Å²) >= 11 is 6.32. The molecule has 4 aromatic rings. The Kier molecular flexibility index (Phi) is 5.56. The molecule has 0 amide bonds. The van der Waals surface area contributed by atoms with E-state index in [0.717, 1.165) is 5.56 Å². The lowest BCUT2D eigenvalue weighted by atomic mass is 9.64. The van der Waals surface area contributed by atoms with E-state index >= 15 is 0 Å². The zero-order valence-corrected chi connectivity index (χ0v) is 22.2. The summed E-state index contributed by atoms with van der Waals surface area (Å²) in [6.45, 7) is 0. The SMILES string of the molecule is O=C(c1ccccc1)[C@H]1[C@@H](c2cccc([N+](=O)[O-])c2)C2(C(=O)c3ccccc3C2=O)[C@H]2C=Cc3cc(Cl)ccc3N12. The van der Waals surface area contributed by atoms with Crippen molar-refractivity contribution in [1.82, 2.24) is 0 Å². The summed E-state index contributed by atoms with van der Waals surface area (Å²) in [6, 6.07) is 24.7. The van der Waals surface area contributed by atoms with Gasteiger partial charge in [-0.05, 0) is 29.3 Å². The second kappa shape index (κ2) is 9.08. The molecular weight excluding hydrogens is 540 g/mol. The van der Waals surface area contributed by atoms with Crippen LogP contribution in [-0.4, -0.2) is 34.4 Å². The lowest BCUT2D eigenvalue weighted by molar-refractivity contribution is -0.384. The molecule has 1 saturated heterocycles. The number of non-ortho nitro benzene ring substituents is 1. The Morgan fingerprint density at radius 3 is 2.22 bits per heavy atom. The third kappa shape index (κ3) is 3.42. The predicted octanol–water partition coefficient (Wildman–Crippen LogP) is 6.56. The molecule has 1 spiro atoms. The number of carbonyl (C=O) groups excluding carboxylic acids is 3. The molecule has 8 heteroatoms. The van der Waals surface area contributed by atoms with E-state index in [4.69, 9.17) is 11.6 Å². The summed E-state index contributed by atoms with van der Waals surface area (Å²) in [4.78, 5) is 57.0. The van der Waals surface area contributed by atoms with Crippen LogP contribution in [0.1, 0.15) is 48.1 Å². The average Bonchev–Trinajstić information content (AvgIpc) is 3.43. The number of nitro benzene ring substituents is 1. The maximum absolute atomic E-state index is 14.6.